The van der Waals surface area contributed by atoms with Gasteiger partial charge < -0.3 is 5.73 Å². The normalized spacial score (nSPS) is 24.7. The Morgan fingerprint density at radius 3 is 3.21 bits per heavy atom. The number of nitrogens with one attached hydrogen (secondary N) is 1. The van der Waals surface area contributed by atoms with Crippen molar-refractivity contribution in [3.05, 3.63) is 28.6 Å². The van der Waals surface area contributed by atoms with Crippen LogP contribution in [0.4, 0.5) is 0 Å². The van der Waals surface area contributed by atoms with Gasteiger partial charge in [-0.1, -0.05) is 6.92 Å². The Labute approximate surface area is 117 Å². The molecule has 3 rings (SSSR count). The highest BCUT2D eigenvalue weighted by Crippen LogP contribution is 2.25. The largest absolute Gasteiger partial charge is 0.327 e. The fourth-order valence-corrected chi connectivity index (χ4v) is 3.37. The molecule has 0 aromatic carbocycles. The van der Waals surface area contributed by atoms with Gasteiger partial charge in [-0.05, 0) is 30.3 Å². The summed E-state index contributed by atoms with van der Waals surface area (Å²) in [6.07, 6.45) is 3.04. The third kappa shape index (κ3) is 2.73. The summed E-state index contributed by atoms with van der Waals surface area (Å²) in [7, 11) is 0. The van der Waals surface area contributed by atoms with E-state index in [2.05, 4.69) is 38.8 Å². The average Bonchev–Trinajstić information content (AvgIpc) is 3.04. The molecule has 0 spiro atoms. The fourth-order valence-electron chi connectivity index (χ4n) is 2.72. The van der Waals surface area contributed by atoms with Gasteiger partial charge in [-0.2, -0.15) is 16.4 Å². The van der Waals surface area contributed by atoms with Gasteiger partial charge in [-0.15, -0.1) is 0 Å². The molecule has 3 heterocycles. The van der Waals surface area contributed by atoms with Gasteiger partial charge in [0.25, 0.3) is 0 Å². The second-order valence-corrected chi connectivity index (χ2v) is 6.23. The molecule has 2 unspecified atom stereocenters. The Kier molecular flexibility index (Phi) is 3.68. The molecule has 1 fully saturated rings. The third-order valence-electron chi connectivity index (χ3n) is 3.98. The lowest BCUT2D eigenvalue weighted by molar-refractivity contribution is 0.158. The zero-order valence-corrected chi connectivity index (χ0v) is 12.0. The minimum absolute atomic E-state index is 0.358. The smallest absolute Gasteiger partial charge is 0.0703 e. The molecule has 0 radical (unpaired) electrons. The van der Waals surface area contributed by atoms with Gasteiger partial charge >= 0.3 is 0 Å². The SMILES string of the molecule is CC1CN(Cc2cn[nH]c2-c2ccsc2)CCC1N. The summed E-state index contributed by atoms with van der Waals surface area (Å²) in [6.45, 7) is 5.36. The topological polar surface area (TPSA) is 57.9 Å². The number of hydrogen-bond donors (Lipinski definition) is 2. The number of thiophene rings is 1. The van der Waals surface area contributed by atoms with Crippen LogP contribution in [0.2, 0.25) is 0 Å². The molecule has 4 nitrogen and oxygen atoms in total. The first-order valence-electron chi connectivity index (χ1n) is 6.77. The predicted octanol–water partition coefficient (Wildman–Crippen LogP) is 2.31. The Bertz CT molecular complexity index is 519. The molecule has 2 aromatic rings. The van der Waals surface area contributed by atoms with Crippen LogP contribution in [0.1, 0.15) is 18.9 Å². The second-order valence-electron chi connectivity index (χ2n) is 5.45. The maximum absolute atomic E-state index is 6.08. The van der Waals surface area contributed by atoms with Crippen molar-refractivity contribution in [3.8, 4) is 11.3 Å². The van der Waals surface area contributed by atoms with Crippen molar-refractivity contribution >= 4 is 11.3 Å². The molecule has 102 valence electrons. The van der Waals surface area contributed by atoms with E-state index >= 15 is 0 Å². The monoisotopic (exact) mass is 276 g/mol. The zero-order chi connectivity index (χ0) is 13.2. The Morgan fingerprint density at radius 1 is 1.58 bits per heavy atom. The van der Waals surface area contributed by atoms with E-state index in [-0.39, 0.29) is 0 Å². The zero-order valence-electron chi connectivity index (χ0n) is 11.2. The first kappa shape index (κ1) is 12.8. The molecule has 3 N–H and O–H groups in total. The van der Waals surface area contributed by atoms with Gasteiger partial charge in [-0.3, -0.25) is 10.00 Å². The molecule has 5 heteroatoms. The van der Waals surface area contributed by atoms with Crippen molar-refractivity contribution in [1.29, 1.82) is 0 Å². The van der Waals surface area contributed by atoms with Crippen LogP contribution < -0.4 is 5.73 Å². The number of rotatable bonds is 3. The van der Waals surface area contributed by atoms with Crippen molar-refractivity contribution in [2.24, 2.45) is 11.7 Å². The second kappa shape index (κ2) is 5.45. The van der Waals surface area contributed by atoms with E-state index in [1.807, 2.05) is 6.20 Å². The summed E-state index contributed by atoms with van der Waals surface area (Å²) in [5.41, 5.74) is 9.75. The minimum atomic E-state index is 0.358. The van der Waals surface area contributed by atoms with Crippen molar-refractivity contribution in [3.63, 3.8) is 0 Å². The molecule has 2 aromatic heterocycles. The lowest BCUT2D eigenvalue weighted by Gasteiger charge is -2.34. The molecule has 0 bridgehead atoms. The number of H-pyrrole nitrogens is 1. The van der Waals surface area contributed by atoms with Crippen LogP contribution >= 0.6 is 11.3 Å². The molecule has 0 amide bonds. The maximum Gasteiger partial charge on any atom is 0.0703 e. The number of piperidine rings is 1. The molecule has 19 heavy (non-hydrogen) atoms. The first-order valence-corrected chi connectivity index (χ1v) is 7.71. The van der Waals surface area contributed by atoms with Crippen molar-refractivity contribution in [2.75, 3.05) is 13.1 Å². The third-order valence-corrected chi connectivity index (χ3v) is 4.66. The minimum Gasteiger partial charge on any atom is -0.327 e. The van der Waals surface area contributed by atoms with Gasteiger partial charge in [0, 0.05) is 35.6 Å². The first-order chi connectivity index (χ1) is 9.24. The molecule has 1 aliphatic heterocycles. The Morgan fingerprint density at radius 2 is 2.47 bits per heavy atom. The van der Waals surface area contributed by atoms with E-state index in [4.69, 9.17) is 5.73 Å². The standard InChI is InChI=1S/C14H20N4S/c1-10-7-18(4-2-13(10)15)8-12-6-16-17-14(12)11-3-5-19-9-11/h3,5-6,9-10,13H,2,4,7-8,15H2,1H3,(H,16,17). The van der Waals surface area contributed by atoms with Gasteiger partial charge in [0.1, 0.15) is 0 Å². The maximum atomic E-state index is 6.08. The van der Waals surface area contributed by atoms with Crippen LogP contribution in [-0.4, -0.2) is 34.2 Å². The fraction of sp³-hybridized carbons (Fsp3) is 0.500. The highest BCUT2D eigenvalue weighted by molar-refractivity contribution is 7.08. The van der Waals surface area contributed by atoms with Crippen molar-refractivity contribution < 1.29 is 0 Å². The van der Waals surface area contributed by atoms with E-state index in [1.54, 1.807) is 11.3 Å². The molecular formula is C14H20N4S. The van der Waals surface area contributed by atoms with E-state index in [0.29, 0.717) is 12.0 Å². The summed E-state index contributed by atoms with van der Waals surface area (Å²) in [5.74, 6) is 0.574. The van der Waals surface area contributed by atoms with Crippen molar-refractivity contribution in [2.45, 2.75) is 25.9 Å². The number of hydrogen-bond acceptors (Lipinski definition) is 4. The molecule has 1 saturated heterocycles. The lowest BCUT2D eigenvalue weighted by Crippen LogP contribution is -2.45. The summed E-state index contributed by atoms with van der Waals surface area (Å²) in [5, 5.41) is 11.6. The van der Waals surface area contributed by atoms with Gasteiger partial charge in [0.05, 0.1) is 11.9 Å². The molecule has 1 aliphatic rings. The number of aromatic nitrogens is 2. The van der Waals surface area contributed by atoms with Crippen LogP contribution in [0, 0.1) is 5.92 Å². The number of likely N-dealkylation sites (tertiary alicyclic amines) is 1. The number of aromatic amines is 1. The van der Waals surface area contributed by atoms with Gasteiger partial charge in [0.2, 0.25) is 0 Å². The van der Waals surface area contributed by atoms with E-state index in [9.17, 15) is 0 Å². The Balaban J connectivity index is 1.73. The van der Waals surface area contributed by atoms with Crippen LogP contribution in [0.15, 0.2) is 23.0 Å². The van der Waals surface area contributed by atoms with Crippen molar-refractivity contribution in [1.82, 2.24) is 15.1 Å². The van der Waals surface area contributed by atoms with Crippen LogP contribution in [0.25, 0.3) is 11.3 Å². The van der Waals surface area contributed by atoms with Crippen LogP contribution in [0.3, 0.4) is 0 Å². The van der Waals surface area contributed by atoms with E-state index < -0.39 is 0 Å². The van der Waals surface area contributed by atoms with E-state index in [1.165, 1.54) is 11.1 Å². The molecule has 2 atom stereocenters. The summed E-state index contributed by atoms with van der Waals surface area (Å²) in [6, 6.07) is 2.49. The Hall–Kier alpha value is -1.17. The average molecular weight is 276 g/mol. The highest BCUT2D eigenvalue weighted by Gasteiger charge is 2.24. The number of nitrogens with two attached hydrogens (primary N) is 1. The summed E-state index contributed by atoms with van der Waals surface area (Å²) in [4.78, 5) is 2.48. The van der Waals surface area contributed by atoms with Gasteiger partial charge in [-0.25, -0.2) is 0 Å². The van der Waals surface area contributed by atoms with Gasteiger partial charge in [0.15, 0.2) is 0 Å². The molecular weight excluding hydrogens is 256 g/mol. The lowest BCUT2D eigenvalue weighted by atomic mass is 9.94. The predicted molar refractivity (Wildman–Crippen MR) is 78.9 cm³/mol. The number of nitrogens with zero attached hydrogens (tertiary/aromatic N) is 2. The van der Waals surface area contributed by atoms with Crippen LogP contribution in [-0.2, 0) is 6.54 Å². The summed E-state index contributed by atoms with van der Waals surface area (Å²) < 4.78 is 0. The van der Waals surface area contributed by atoms with E-state index in [0.717, 1.165) is 31.7 Å². The molecule has 0 saturated carbocycles. The quantitative estimate of drug-likeness (QED) is 0.904. The summed E-state index contributed by atoms with van der Waals surface area (Å²) >= 11 is 1.72. The van der Waals surface area contributed by atoms with Crippen LogP contribution in [0.5, 0.6) is 0 Å². The molecule has 0 aliphatic carbocycles. The highest BCUT2D eigenvalue weighted by atomic mass is 32.1.